The Hall–Kier alpha value is -0.351. The molecule has 0 aliphatic rings. The number of hydrogen-bond donors (Lipinski definition) is 0. The van der Waals surface area contributed by atoms with Gasteiger partial charge >= 0.3 is 0 Å². The topological polar surface area (TPSA) is 0 Å². The molecule has 0 saturated heterocycles. The van der Waals surface area contributed by atoms with Crippen molar-refractivity contribution in [3.63, 3.8) is 0 Å². The second kappa shape index (κ2) is 10.6. The Morgan fingerprint density at radius 1 is 0.667 bits per heavy atom. The Bertz CT molecular complexity index is 149. The molecule has 1 atom stereocenters. The quantitative estimate of drug-likeness (QED) is 0.363. The van der Waals surface area contributed by atoms with Gasteiger partial charge in [0.2, 0.25) is 0 Å². The molecule has 0 aliphatic heterocycles. The minimum Gasteiger partial charge on any atom is -0.748 e. The predicted octanol–water partition coefficient (Wildman–Crippen LogP) is 2.87. The second-order valence-electron chi connectivity index (χ2n) is 1.92. The zero-order valence-electron chi connectivity index (χ0n) is 6.83. The van der Waals surface area contributed by atoms with E-state index in [4.69, 9.17) is 0 Å². The molecule has 0 heterocycles. The van der Waals surface area contributed by atoms with E-state index >= 15 is 0 Å². The van der Waals surface area contributed by atoms with Crippen LogP contribution in [0.15, 0.2) is 60.7 Å². The summed E-state index contributed by atoms with van der Waals surface area (Å²) < 4.78 is 0. The summed E-state index contributed by atoms with van der Waals surface area (Å²) in [7, 11) is 0. The summed E-state index contributed by atoms with van der Waals surface area (Å²) in [5.74, 6) is 0. The first-order valence-corrected chi connectivity index (χ1v) is 3.33. The first-order valence-electron chi connectivity index (χ1n) is 3.33. The summed E-state index contributed by atoms with van der Waals surface area (Å²) in [5.41, 5.74) is 0. The summed E-state index contributed by atoms with van der Waals surface area (Å²) in [6.45, 7) is 0. The molecule has 72 valence electrons. The van der Waals surface area contributed by atoms with Crippen LogP contribution in [0.25, 0.3) is 0 Å². The molecule has 2 aromatic rings. The third-order valence-corrected chi connectivity index (χ3v) is 1.11. The maximum Gasteiger partial charge on any atom is 0 e. The van der Waals surface area contributed by atoms with Crippen molar-refractivity contribution in [2.75, 3.05) is 0 Å². The van der Waals surface area contributed by atoms with Crippen molar-refractivity contribution in [2.24, 2.45) is 0 Å². The maximum absolute atomic E-state index is 2.00. The van der Waals surface area contributed by atoms with Gasteiger partial charge in [0, 0.05) is 17.1 Å². The summed E-state index contributed by atoms with van der Waals surface area (Å²) in [4.78, 5) is 0. The van der Waals surface area contributed by atoms with E-state index in [-0.39, 0.29) is 27.0 Å². The van der Waals surface area contributed by atoms with Crippen LogP contribution >= 0.6 is 9.90 Å². The third kappa shape index (κ3) is 7.75. The molecule has 0 aliphatic carbocycles. The minimum atomic E-state index is 0. The first kappa shape index (κ1) is 14.2. The van der Waals surface area contributed by atoms with Crippen LogP contribution < -0.4 is 0 Å². The SMILES string of the molecule is P.[Fe].[cH-]1[cH-][cH-][cH-][cH-]1.c1cc[cH-]c1. The van der Waals surface area contributed by atoms with Crippen molar-refractivity contribution in [1.29, 1.82) is 0 Å². The molecule has 0 amide bonds. The Morgan fingerprint density at radius 2 is 1.00 bits per heavy atom. The molecule has 0 nitrogen and oxygen atoms in total. The minimum absolute atomic E-state index is 0. The van der Waals surface area contributed by atoms with Gasteiger partial charge in [0.1, 0.15) is 0 Å². The van der Waals surface area contributed by atoms with Crippen molar-refractivity contribution in [1.82, 2.24) is 0 Å². The van der Waals surface area contributed by atoms with E-state index in [1.165, 1.54) is 0 Å². The molecular weight excluding hydrogens is 207 g/mol. The maximum atomic E-state index is 2.00. The molecule has 0 N–H and O–H groups in total. The monoisotopic (exact) mass is 220 g/mol. The third-order valence-electron chi connectivity index (χ3n) is 1.11. The van der Waals surface area contributed by atoms with E-state index in [1.54, 1.807) is 0 Å². The van der Waals surface area contributed by atoms with E-state index in [0.29, 0.717) is 0 Å². The van der Waals surface area contributed by atoms with Gasteiger partial charge in [-0.2, -0.15) is 28.1 Å². The van der Waals surface area contributed by atoms with Crippen LogP contribution in [0.2, 0.25) is 0 Å². The first-order chi connectivity index (χ1) is 5.00. The molecule has 12 heavy (non-hydrogen) atoms. The van der Waals surface area contributed by atoms with Gasteiger partial charge in [0.15, 0.2) is 0 Å². The van der Waals surface area contributed by atoms with Gasteiger partial charge in [-0.05, 0) is 0 Å². The van der Waals surface area contributed by atoms with Crippen LogP contribution in [-0.4, -0.2) is 0 Å². The smallest absolute Gasteiger partial charge is 0 e. The van der Waals surface area contributed by atoms with Crippen LogP contribution in [-0.2, 0) is 17.1 Å². The largest absolute Gasteiger partial charge is 0.748 e. The molecule has 1 unspecified atom stereocenters. The fraction of sp³-hybridized carbons (Fsp3) is 0. The average Bonchev–Trinajstić information content (AvgIpc) is 2.67. The van der Waals surface area contributed by atoms with Crippen LogP contribution in [0.3, 0.4) is 0 Å². The van der Waals surface area contributed by atoms with Crippen LogP contribution in [0, 0.1) is 0 Å². The van der Waals surface area contributed by atoms with Crippen molar-refractivity contribution < 1.29 is 17.1 Å². The molecule has 0 fully saturated rings. The van der Waals surface area contributed by atoms with Crippen molar-refractivity contribution in [2.45, 2.75) is 0 Å². The fourth-order valence-corrected chi connectivity index (χ4v) is 0.642. The number of rotatable bonds is 0. The Labute approximate surface area is 87.8 Å². The molecule has 0 radical (unpaired) electrons. The van der Waals surface area contributed by atoms with Crippen LogP contribution in [0.1, 0.15) is 0 Å². The number of hydrogen-bond acceptors (Lipinski definition) is 0. The van der Waals surface area contributed by atoms with Gasteiger partial charge in [-0.25, -0.2) is 12.1 Å². The predicted molar refractivity (Wildman–Crippen MR) is 55.2 cm³/mol. The molecule has 0 aromatic heterocycles. The normalized spacial score (nSPS) is 6.67. The van der Waals surface area contributed by atoms with Crippen molar-refractivity contribution >= 4 is 9.90 Å². The summed E-state index contributed by atoms with van der Waals surface area (Å²) >= 11 is 0. The molecule has 2 rings (SSSR count). The van der Waals surface area contributed by atoms with Crippen LogP contribution in [0.4, 0.5) is 0 Å². The van der Waals surface area contributed by atoms with Crippen molar-refractivity contribution in [3.05, 3.63) is 60.7 Å². The second-order valence-corrected chi connectivity index (χ2v) is 1.92. The van der Waals surface area contributed by atoms with Gasteiger partial charge in [-0.1, -0.05) is 0 Å². The Balaban J connectivity index is 0. The van der Waals surface area contributed by atoms with Gasteiger partial charge in [-0.3, -0.25) is 0 Å². The zero-order chi connectivity index (χ0) is 7.07. The Kier molecular flexibility index (Phi) is 12.6. The standard InChI is InChI=1S/2C5H5.Fe.H3P/c2*1-2-4-5-3-1;;/h2*1-5H;;1H3/q-5;-1;;. The van der Waals surface area contributed by atoms with Gasteiger partial charge < -0.3 is 30.3 Å². The van der Waals surface area contributed by atoms with Gasteiger partial charge in [0.05, 0.1) is 0 Å². The molecular formula is C10H13FeP-6. The van der Waals surface area contributed by atoms with E-state index in [0.717, 1.165) is 0 Å². The zero-order valence-corrected chi connectivity index (χ0v) is 9.35. The Morgan fingerprint density at radius 3 is 1.17 bits per heavy atom. The van der Waals surface area contributed by atoms with E-state index < -0.39 is 0 Å². The molecule has 0 spiro atoms. The summed E-state index contributed by atoms with van der Waals surface area (Å²) in [6.07, 6.45) is 0. The molecule has 0 bridgehead atoms. The van der Waals surface area contributed by atoms with Gasteiger partial charge in [0.25, 0.3) is 0 Å². The van der Waals surface area contributed by atoms with Gasteiger partial charge in [-0.15, -0.1) is 0 Å². The van der Waals surface area contributed by atoms with Crippen LogP contribution in [0.5, 0.6) is 0 Å². The molecule has 2 aromatic carbocycles. The molecule has 0 saturated carbocycles. The summed E-state index contributed by atoms with van der Waals surface area (Å²) in [6, 6.07) is 20.0. The summed E-state index contributed by atoms with van der Waals surface area (Å²) in [5, 5.41) is 0. The van der Waals surface area contributed by atoms with E-state index in [9.17, 15) is 0 Å². The van der Waals surface area contributed by atoms with E-state index in [2.05, 4.69) is 0 Å². The average molecular weight is 220 g/mol. The molecule has 2 heteroatoms. The van der Waals surface area contributed by atoms with Crippen molar-refractivity contribution in [3.8, 4) is 0 Å². The van der Waals surface area contributed by atoms with E-state index in [1.807, 2.05) is 60.7 Å². The fourth-order valence-electron chi connectivity index (χ4n) is 0.642.